The lowest BCUT2D eigenvalue weighted by Crippen LogP contribution is -2.45. The van der Waals surface area contributed by atoms with E-state index in [1.807, 2.05) is 11.9 Å². The summed E-state index contributed by atoms with van der Waals surface area (Å²) in [7, 11) is 3.87. The van der Waals surface area contributed by atoms with E-state index in [1.54, 1.807) is 12.1 Å². The molecule has 1 aliphatic rings. The Morgan fingerprint density at radius 1 is 1.37 bits per heavy atom. The van der Waals surface area contributed by atoms with Gasteiger partial charge in [-0.3, -0.25) is 0 Å². The number of nitrogens with zero attached hydrogens (tertiary/aromatic N) is 2. The zero-order chi connectivity index (χ0) is 14.0. The molecule has 0 saturated carbocycles. The van der Waals surface area contributed by atoms with Crippen LogP contribution in [0.25, 0.3) is 0 Å². The maximum absolute atomic E-state index is 14.1. The monoisotopic (exact) mass is 269 g/mol. The summed E-state index contributed by atoms with van der Waals surface area (Å²) in [6.45, 7) is 1.95. The molecule has 106 valence electrons. The van der Waals surface area contributed by atoms with Gasteiger partial charge in [0.25, 0.3) is 0 Å². The molecule has 1 unspecified atom stereocenters. The van der Waals surface area contributed by atoms with Crippen molar-refractivity contribution in [3.8, 4) is 0 Å². The summed E-state index contributed by atoms with van der Waals surface area (Å²) < 4.78 is 27.8. The fourth-order valence-corrected chi connectivity index (χ4v) is 2.66. The maximum Gasteiger partial charge on any atom is 0.182 e. The van der Waals surface area contributed by atoms with Crippen LogP contribution in [0.4, 0.5) is 14.5 Å². The van der Waals surface area contributed by atoms with Gasteiger partial charge in [0.1, 0.15) is 0 Å². The van der Waals surface area contributed by atoms with E-state index in [1.165, 1.54) is 0 Å². The molecule has 0 amide bonds. The van der Waals surface area contributed by atoms with Gasteiger partial charge in [0.15, 0.2) is 11.6 Å². The van der Waals surface area contributed by atoms with Crippen molar-refractivity contribution in [2.75, 3.05) is 32.1 Å². The van der Waals surface area contributed by atoms with E-state index in [0.29, 0.717) is 5.69 Å². The third kappa shape index (κ3) is 2.87. The Morgan fingerprint density at radius 2 is 2.11 bits per heavy atom. The van der Waals surface area contributed by atoms with E-state index in [-0.39, 0.29) is 18.2 Å². The first-order chi connectivity index (χ1) is 9.04. The van der Waals surface area contributed by atoms with Gasteiger partial charge in [0.2, 0.25) is 0 Å². The predicted molar refractivity (Wildman–Crippen MR) is 73.2 cm³/mol. The molecule has 3 nitrogen and oxygen atoms in total. The SMILES string of the molecule is CN1CCCC(N(C)c2ccc(CN)c(F)c2F)C1. The second-order valence-corrected chi connectivity index (χ2v) is 5.25. The molecule has 0 aromatic heterocycles. The summed E-state index contributed by atoms with van der Waals surface area (Å²) in [4.78, 5) is 4.06. The maximum atomic E-state index is 14.1. The topological polar surface area (TPSA) is 32.5 Å². The molecule has 0 spiro atoms. The van der Waals surface area contributed by atoms with Gasteiger partial charge in [-0.2, -0.15) is 0 Å². The Bertz CT molecular complexity index is 451. The lowest BCUT2D eigenvalue weighted by atomic mass is 10.0. The molecule has 1 aromatic carbocycles. The minimum atomic E-state index is -0.823. The van der Waals surface area contributed by atoms with Crippen molar-refractivity contribution in [3.05, 3.63) is 29.3 Å². The van der Waals surface area contributed by atoms with Crippen molar-refractivity contribution in [1.29, 1.82) is 0 Å². The molecule has 0 bridgehead atoms. The second kappa shape index (κ2) is 5.84. The van der Waals surface area contributed by atoms with Crippen molar-refractivity contribution in [2.24, 2.45) is 5.73 Å². The number of anilines is 1. The highest BCUT2D eigenvalue weighted by Crippen LogP contribution is 2.27. The summed E-state index contributed by atoms with van der Waals surface area (Å²) in [6, 6.07) is 3.41. The van der Waals surface area contributed by atoms with E-state index in [0.717, 1.165) is 25.9 Å². The third-order valence-corrected chi connectivity index (χ3v) is 3.89. The number of halogens is 2. The van der Waals surface area contributed by atoms with E-state index in [9.17, 15) is 8.78 Å². The molecular weight excluding hydrogens is 248 g/mol. The molecule has 0 aliphatic carbocycles. The molecule has 0 radical (unpaired) electrons. The number of rotatable bonds is 3. The first kappa shape index (κ1) is 14.2. The number of likely N-dealkylation sites (N-methyl/N-ethyl adjacent to an activating group) is 2. The minimum absolute atomic E-state index is 0.0128. The van der Waals surface area contributed by atoms with Gasteiger partial charge < -0.3 is 15.5 Å². The molecule has 5 heteroatoms. The summed E-state index contributed by atoms with van der Waals surface area (Å²) >= 11 is 0. The average molecular weight is 269 g/mol. The lowest BCUT2D eigenvalue weighted by molar-refractivity contribution is 0.247. The Hall–Kier alpha value is -1.20. The van der Waals surface area contributed by atoms with Crippen molar-refractivity contribution >= 4 is 5.69 Å². The Kier molecular flexibility index (Phi) is 4.37. The normalized spacial score (nSPS) is 20.6. The van der Waals surface area contributed by atoms with Crippen LogP contribution in [0.3, 0.4) is 0 Å². The second-order valence-electron chi connectivity index (χ2n) is 5.25. The van der Waals surface area contributed by atoms with Gasteiger partial charge in [-0.15, -0.1) is 0 Å². The standard InChI is InChI=1S/C14H21F2N3/c1-18-7-3-4-11(9-18)19(2)12-6-5-10(8-17)13(15)14(12)16/h5-6,11H,3-4,7-9,17H2,1-2H3. The Morgan fingerprint density at radius 3 is 2.74 bits per heavy atom. The highest BCUT2D eigenvalue weighted by Gasteiger charge is 2.24. The minimum Gasteiger partial charge on any atom is -0.368 e. The highest BCUT2D eigenvalue weighted by molar-refractivity contribution is 5.50. The van der Waals surface area contributed by atoms with Gasteiger partial charge in [-0.25, -0.2) is 8.78 Å². The summed E-state index contributed by atoms with van der Waals surface area (Å²) in [5, 5.41) is 0. The van der Waals surface area contributed by atoms with E-state index >= 15 is 0 Å². The van der Waals surface area contributed by atoms with Gasteiger partial charge in [-0.1, -0.05) is 6.07 Å². The van der Waals surface area contributed by atoms with Crippen LogP contribution in [-0.2, 0) is 6.54 Å². The quantitative estimate of drug-likeness (QED) is 0.910. The number of likely N-dealkylation sites (tertiary alicyclic amines) is 1. The van der Waals surface area contributed by atoms with Gasteiger partial charge >= 0.3 is 0 Å². The van der Waals surface area contributed by atoms with Crippen LogP contribution in [0.2, 0.25) is 0 Å². The average Bonchev–Trinajstić information content (AvgIpc) is 2.41. The molecular formula is C14H21F2N3. The molecule has 19 heavy (non-hydrogen) atoms. The van der Waals surface area contributed by atoms with Gasteiger partial charge in [0, 0.05) is 31.7 Å². The number of hydrogen-bond acceptors (Lipinski definition) is 3. The van der Waals surface area contributed by atoms with Crippen molar-refractivity contribution < 1.29 is 8.78 Å². The predicted octanol–water partition coefficient (Wildman–Crippen LogP) is 1.95. The van der Waals surface area contributed by atoms with E-state index < -0.39 is 11.6 Å². The molecule has 1 fully saturated rings. The first-order valence-corrected chi connectivity index (χ1v) is 6.63. The molecule has 1 atom stereocenters. The number of piperidine rings is 1. The number of hydrogen-bond donors (Lipinski definition) is 1. The first-order valence-electron chi connectivity index (χ1n) is 6.63. The smallest absolute Gasteiger partial charge is 0.182 e. The van der Waals surface area contributed by atoms with Crippen LogP contribution in [0, 0.1) is 11.6 Å². The summed E-state index contributed by atoms with van der Waals surface area (Å²) in [6.07, 6.45) is 2.08. The molecule has 2 N–H and O–H groups in total. The van der Waals surface area contributed by atoms with Crippen molar-refractivity contribution in [2.45, 2.75) is 25.4 Å². The summed E-state index contributed by atoms with van der Waals surface area (Å²) in [5.41, 5.74) is 5.91. The van der Waals surface area contributed by atoms with Crippen molar-refractivity contribution in [3.63, 3.8) is 0 Å². The van der Waals surface area contributed by atoms with E-state index in [4.69, 9.17) is 5.73 Å². The Balaban J connectivity index is 2.23. The largest absolute Gasteiger partial charge is 0.368 e. The number of benzene rings is 1. The lowest BCUT2D eigenvalue weighted by Gasteiger charge is -2.37. The molecule has 1 heterocycles. The van der Waals surface area contributed by atoms with Crippen molar-refractivity contribution in [1.82, 2.24) is 4.90 Å². The fourth-order valence-electron chi connectivity index (χ4n) is 2.66. The molecule has 1 aromatic rings. The van der Waals surface area contributed by atoms with Crippen LogP contribution in [0.15, 0.2) is 12.1 Å². The molecule has 1 saturated heterocycles. The van der Waals surface area contributed by atoms with Crippen LogP contribution in [-0.4, -0.2) is 38.1 Å². The number of nitrogens with two attached hydrogens (primary N) is 1. The molecule has 2 rings (SSSR count). The van der Waals surface area contributed by atoms with Crippen LogP contribution in [0.5, 0.6) is 0 Å². The van der Waals surface area contributed by atoms with Crippen LogP contribution >= 0.6 is 0 Å². The zero-order valence-corrected chi connectivity index (χ0v) is 11.5. The van der Waals surface area contributed by atoms with Gasteiger partial charge in [0.05, 0.1) is 5.69 Å². The Labute approximate surface area is 113 Å². The third-order valence-electron chi connectivity index (χ3n) is 3.89. The highest BCUT2D eigenvalue weighted by atomic mass is 19.2. The zero-order valence-electron chi connectivity index (χ0n) is 11.5. The summed E-state index contributed by atoms with van der Waals surface area (Å²) in [5.74, 6) is -1.62. The van der Waals surface area contributed by atoms with Crippen LogP contribution in [0.1, 0.15) is 18.4 Å². The van der Waals surface area contributed by atoms with Crippen LogP contribution < -0.4 is 10.6 Å². The van der Waals surface area contributed by atoms with E-state index in [2.05, 4.69) is 11.9 Å². The van der Waals surface area contributed by atoms with Gasteiger partial charge in [-0.05, 0) is 32.5 Å². The fraction of sp³-hybridized carbons (Fsp3) is 0.571. The molecule has 1 aliphatic heterocycles.